The normalized spacial score (nSPS) is 14.5. The maximum atomic E-state index is 15.1. The Kier molecular flexibility index (Phi) is 5.87. The van der Waals surface area contributed by atoms with E-state index in [-0.39, 0.29) is 11.4 Å². The molecule has 1 aliphatic heterocycles. The van der Waals surface area contributed by atoms with Gasteiger partial charge in [0.05, 0.1) is 21.3 Å². The van der Waals surface area contributed by atoms with Crippen molar-refractivity contribution >= 4 is 22.3 Å². The Morgan fingerprint density at radius 2 is 1.69 bits per heavy atom. The lowest BCUT2D eigenvalue weighted by Gasteiger charge is -2.28. The first-order chi connectivity index (χ1) is 17.0. The Balaban J connectivity index is 1.76. The number of hydrogen-bond donors (Lipinski definition) is 0. The second-order valence-electron chi connectivity index (χ2n) is 8.08. The highest BCUT2D eigenvalue weighted by atomic mass is 19.1. The zero-order valence-electron chi connectivity index (χ0n) is 19.5. The fourth-order valence-corrected chi connectivity index (χ4v) is 4.41. The van der Waals surface area contributed by atoms with Crippen LogP contribution < -0.4 is 14.2 Å². The van der Waals surface area contributed by atoms with Gasteiger partial charge in [0.15, 0.2) is 0 Å². The van der Waals surface area contributed by atoms with Crippen molar-refractivity contribution in [3.63, 3.8) is 0 Å². The number of hydrogen-bond acceptors (Lipinski definition) is 5. The summed E-state index contributed by atoms with van der Waals surface area (Å²) in [4.78, 5) is 12.5. The second kappa shape index (κ2) is 9.14. The van der Waals surface area contributed by atoms with Crippen LogP contribution in [-0.4, -0.2) is 27.3 Å². The first-order valence-electron chi connectivity index (χ1n) is 11.0. The van der Waals surface area contributed by atoms with Crippen LogP contribution >= 0.6 is 0 Å². The molecule has 5 rings (SSSR count). The van der Waals surface area contributed by atoms with Crippen LogP contribution in [0.25, 0.3) is 16.3 Å². The largest absolute Gasteiger partial charge is 0.497 e. The first kappa shape index (κ1) is 22.5. The molecular formula is C29H23FO5. The van der Waals surface area contributed by atoms with Gasteiger partial charge in [-0.05, 0) is 64.4 Å². The molecule has 0 fully saturated rings. The molecule has 1 heterocycles. The lowest BCUT2D eigenvalue weighted by Crippen LogP contribution is -2.13. The zero-order valence-corrected chi connectivity index (χ0v) is 19.5. The van der Waals surface area contributed by atoms with Crippen LogP contribution in [0.2, 0.25) is 0 Å². The van der Waals surface area contributed by atoms with Crippen LogP contribution in [0.15, 0.2) is 78.9 Å². The van der Waals surface area contributed by atoms with Gasteiger partial charge in [-0.15, -0.1) is 0 Å². The third-order valence-electron chi connectivity index (χ3n) is 6.16. The van der Waals surface area contributed by atoms with Crippen LogP contribution in [0.5, 0.6) is 17.2 Å². The van der Waals surface area contributed by atoms with E-state index in [2.05, 4.69) is 0 Å². The lowest BCUT2D eigenvalue weighted by atomic mass is 9.87. The van der Waals surface area contributed by atoms with Gasteiger partial charge in [-0.3, -0.25) is 0 Å². The maximum absolute atomic E-state index is 15.1. The highest BCUT2D eigenvalue weighted by Gasteiger charge is 2.27. The Morgan fingerprint density at radius 1 is 0.914 bits per heavy atom. The molecule has 4 aromatic rings. The van der Waals surface area contributed by atoms with Crippen LogP contribution in [0, 0.1) is 5.82 Å². The van der Waals surface area contributed by atoms with Gasteiger partial charge in [0.2, 0.25) is 0 Å². The van der Waals surface area contributed by atoms with Gasteiger partial charge in [-0.1, -0.05) is 36.4 Å². The average molecular weight is 470 g/mol. The molecule has 0 spiro atoms. The standard InChI is InChI=1S/C29H23FO5/c1-32-19-11-8-17(9-12-19)26-16-22(20-6-4-5-7-24(20)30)28-21-15-23(29(31)34-3)27(33-2)14-18(21)10-13-25(28)35-26/h4-16,26H,1-3H3. The van der Waals surface area contributed by atoms with Crippen molar-refractivity contribution in [3.05, 3.63) is 107 Å². The number of fused-ring (bicyclic) bond motifs is 3. The molecule has 1 atom stereocenters. The first-order valence-corrected chi connectivity index (χ1v) is 11.0. The molecule has 176 valence electrons. The Hall–Kier alpha value is -4.32. The van der Waals surface area contributed by atoms with E-state index in [1.54, 1.807) is 37.4 Å². The summed E-state index contributed by atoms with van der Waals surface area (Å²) >= 11 is 0. The van der Waals surface area contributed by atoms with Crippen molar-refractivity contribution in [1.29, 1.82) is 0 Å². The van der Waals surface area contributed by atoms with E-state index in [1.165, 1.54) is 20.3 Å². The fourth-order valence-electron chi connectivity index (χ4n) is 4.41. The van der Waals surface area contributed by atoms with E-state index in [9.17, 15) is 4.79 Å². The summed E-state index contributed by atoms with van der Waals surface area (Å²) in [5.74, 6) is 0.844. The summed E-state index contributed by atoms with van der Waals surface area (Å²) in [6, 6.07) is 21.4. The molecule has 0 bridgehead atoms. The van der Waals surface area contributed by atoms with E-state index in [1.807, 2.05) is 42.5 Å². The topological polar surface area (TPSA) is 54.0 Å². The van der Waals surface area contributed by atoms with Crippen LogP contribution in [-0.2, 0) is 4.74 Å². The summed E-state index contributed by atoms with van der Waals surface area (Å²) < 4.78 is 37.1. The van der Waals surface area contributed by atoms with Crippen molar-refractivity contribution in [2.75, 3.05) is 21.3 Å². The summed E-state index contributed by atoms with van der Waals surface area (Å²) in [5, 5.41) is 1.55. The molecule has 5 nitrogen and oxygen atoms in total. The number of halogens is 1. The van der Waals surface area contributed by atoms with Gasteiger partial charge >= 0.3 is 5.97 Å². The molecule has 4 aromatic carbocycles. The van der Waals surface area contributed by atoms with Crippen LogP contribution in [0.1, 0.15) is 33.2 Å². The Bertz CT molecular complexity index is 1460. The average Bonchev–Trinajstić information content (AvgIpc) is 2.91. The van der Waals surface area contributed by atoms with E-state index < -0.39 is 12.1 Å². The minimum Gasteiger partial charge on any atom is -0.497 e. The molecule has 1 aliphatic rings. The molecule has 35 heavy (non-hydrogen) atoms. The Labute approximate surface area is 202 Å². The number of carbonyl (C=O) groups excluding carboxylic acids is 1. The Morgan fingerprint density at radius 3 is 2.37 bits per heavy atom. The van der Waals surface area contributed by atoms with Gasteiger partial charge < -0.3 is 18.9 Å². The van der Waals surface area contributed by atoms with Crippen LogP contribution in [0.4, 0.5) is 4.39 Å². The van der Waals surface area contributed by atoms with Gasteiger partial charge in [0.1, 0.15) is 34.7 Å². The molecule has 0 saturated carbocycles. The highest BCUT2D eigenvalue weighted by Crippen LogP contribution is 2.45. The third kappa shape index (κ3) is 3.97. The number of methoxy groups -OCH3 is 3. The molecule has 0 amide bonds. The summed E-state index contributed by atoms with van der Waals surface area (Å²) in [6.45, 7) is 0. The van der Waals surface area contributed by atoms with Gasteiger partial charge in [-0.25, -0.2) is 9.18 Å². The summed E-state index contributed by atoms with van der Waals surface area (Å²) in [6.07, 6.45) is 1.46. The molecular weight excluding hydrogens is 447 g/mol. The molecule has 0 radical (unpaired) electrons. The van der Waals surface area contributed by atoms with Crippen molar-refractivity contribution in [1.82, 2.24) is 0 Å². The number of rotatable bonds is 5. The van der Waals surface area contributed by atoms with E-state index in [0.29, 0.717) is 28.2 Å². The maximum Gasteiger partial charge on any atom is 0.341 e. The molecule has 0 N–H and O–H groups in total. The fraction of sp³-hybridized carbons (Fsp3) is 0.138. The number of ether oxygens (including phenoxy) is 4. The molecule has 0 aromatic heterocycles. The molecule has 0 aliphatic carbocycles. The predicted octanol–water partition coefficient (Wildman–Crippen LogP) is 6.35. The zero-order chi connectivity index (χ0) is 24.5. The van der Waals surface area contributed by atoms with E-state index >= 15 is 4.39 Å². The second-order valence-corrected chi connectivity index (χ2v) is 8.08. The molecule has 6 heteroatoms. The quantitative estimate of drug-likeness (QED) is 0.318. The van der Waals surface area contributed by atoms with Crippen molar-refractivity contribution in [3.8, 4) is 17.2 Å². The summed E-state index contributed by atoms with van der Waals surface area (Å²) in [5.41, 5.74) is 3.00. The van der Waals surface area contributed by atoms with Gasteiger partial charge in [0, 0.05) is 11.1 Å². The lowest BCUT2D eigenvalue weighted by molar-refractivity contribution is 0.0597. The number of carbonyl (C=O) groups is 1. The number of benzene rings is 4. The third-order valence-corrected chi connectivity index (χ3v) is 6.16. The van der Waals surface area contributed by atoms with Crippen molar-refractivity contribution < 1.29 is 28.1 Å². The van der Waals surface area contributed by atoms with Gasteiger partial charge in [-0.2, -0.15) is 0 Å². The number of esters is 1. The van der Waals surface area contributed by atoms with E-state index in [0.717, 1.165) is 22.1 Å². The molecule has 0 saturated heterocycles. The van der Waals surface area contributed by atoms with Crippen LogP contribution in [0.3, 0.4) is 0 Å². The SMILES string of the molecule is COC(=O)c1cc2c3c(ccc2cc1OC)OC(c1ccc(OC)cc1)C=C3c1ccccc1F. The van der Waals surface area contributed by atoms with E-state index in [4.69, 9.17) is 18.9 Å². The summed E-state index contributed by atoms with van der Waals surface area (Å²) in [7, 11) is 4.43. The van der Waals surface area contributed by atoms with Crippen molar-refractivity contribution in [2.45, 2.75) is 6.10 Å². The monoisotopic (exact) mass is 470 g/mol. The van der Waals surface area contributed by atoms with Crippen molar-refractivity contribution in [2.24, 2.45) is 0 Å². The smallest absolute Gasteiger partial charge is 0.341 e. The predicted molar refractivity (Wildman–Crippen MR) is 132 cm³/mol. The van der Waals surface area contributed by atoms with Gasteiger partial charge in [0.25, 0.3) is 0 Å². The molecule has 1 unspecified atom stereocenters. The highest BCUT2D eigenvalue weighted by molar-refractivity contribution is 6.05. The minimum absolute atomic E-state index is 0.279. The minimum atomic E-state index is -0.523.